The van der Waals surface area contributed by atoms with Crippen LogP contribution in [0.15, 0.2) is 0 Å². The van der Waals surface area contributed by atoms with Crippen molar-refractivity contribution in [2.24, 2.45) is 0 Å². The van der Waals surface area contributed by atoms with Crippen molar-refractivity contribution in [1.82, 2.24) is 5.32 Å². The van der Waals surface area contributed by atoms with E-state index in [2.05, 4.69) is 5.32 Å². The third kappa shape index (κ3) is 12.1. The zero-order chi connectivity index (χ0) is 12.8. The van der Waals surface area contributed by atoms with Gasteiger partial charge in [0.2, 0.25) is 0 Å². The van der Waals surface area contributed by atoms with Gasteiger partial charge in [0.1, 0.15) is 0 Å². The van der Waals surface area contributed by atoms with E-state index in [0.29, 0.717) is 26.4 Å². The van der Waals surface area contributed by atoms with E-state index in [1.54, 1.807) is 7.11 Å². The topological polar surface area (TPSA) is 60.0 Å². The molecule has 0 amide bonds. The van der Waals surface area contributed by atoms with Gasteiger partial charge in [-0.1, -0.05) is 6.92 Å². The molecule has 0 aliphatic carbocycles. The number of ether oxygens (including phenoxy) is 3. The number of rotatable bonds is 13. The molecule has 5 heteroatoms. The highest BCUT2D eigenvalue weighted by atomic mass is 16.5. The van der Waals surface area contributed by atoms with Crippen LogP contribution >= 0.6 is 0 Å². The van der Waals surface area contributed by atoms with Crippen molar-refractivity contribution in [3.05, 3.63) is 0 Å². The zero-order valence-corrected chi connectivity index (χ0v) is 11.1. The lowest BCUT2D eigenvalue weighted by atomic mass is 10.2. The first-order chi connectivity index (χ1) is 8.35. The molecule has 0 aromatic heterocycles. The van der Waals surface area contributed by atoms with Crippen molar-refractivity contribution >= 4 is 0 Å². The van der Waals surface area contributed by atoms with Crippen molar-refractivity contribution in [3.63, 3.8) is 0 Å². The van der Waals surface area contributed by atoms with E-state index in [0.717, 1.165) is 26.0 Å². The summed E-state index contributed by atoms with van der Waals surface area (Å²) in [5.41, 5.74) is 0. The standard InChI is InChI=1S/C12H27NO4/c1-3-13-12(11-14)5-8-17-10-9-16-7-4-6-15-2/h12-14H,3-11H2,1-2H3. The first-order valence-electron chi connectivity index (χ1n) is 6.33. The highest BCUT2D eigenvalue weighted by Gasteiger charge is 2.04. The lowest BCUT2D eigenvalue weighted by Gasteiger charge is -2.14. The monoisotopic (exact) mass is 249 g/mol. The molecule has 1 unspecified atom stereocenters. The number of aliphatic hydroxyl groups is 1. The molecule has 5 nitrogen and oxygen atoms in total. The quantitative estimate of drug-likeness (QED) is 0.463. The van der Waals surface area contributed by atoms with Gasteiger partial charge in [-0.05, 0) is 19.4 Å². The summed E-state index contributed by atoms with van der Waals surface area (Å²) in [6.07, 6.45) is 1.75. The first-order valence-corrected chi connectivity index (χ1v) is 6.33. The molecular weight excluding hydrogens is 222 g/mol. The summed E-state index contributed by atoms with van der Waals surface area (Å²) in [6.45, 7) is 6.39. The molecule has 0 saturated carbocycles. The first kappa shape index (κ1) is 16.8. The summed E-state index contributed by atoms with van der Waals surface area (Å²) in [5.74, 6) is 0. The SMILES string of the molecule is CCNC(CO)CCOCCOCCCOC. The molecule has 0 bridgehead atoms. The second-order valence-electron chi connectivity index (χ2n) is 3.80. The van der Waals surface area contributed by atoms with Crippen LogP contribution in [0, 0.1) is 0 Å². The molecule has 0 heterocycles. The summed E-state index contributed by atoms with van der Waals surface area (Å²) in [4.78, 5) is 0. The van der Waals surface area contributed by atoms with E-state index < -0.39 is 0 Å². The highest BCUT2D eigenvalue weighted by molar-refractivity contribution is 4.63. The highest BCUT2D eigenvalue weighted by Crippen LogP contribution is 1.92. The Labute approximate surface area is 104 Å². The van der Waals surface area contributed by atoms with Crippen molar-refractivity contribution in [1.29, 1.82) is 0 Å². The van der Waals surface area contributed by atoms with E-state index in [1.807, 2.05) is 6.92 Å². The largest absolute Gasteiger partial charge is 0.395 e. The summed E-state index contributed by atoms with van der Waals surface area (Å²) >= 11 is 0. The number of aliphatic hydroxyl groups excluding tert-OH is 1. The van der Waals surface area contributed by atoms with E-state index in [4.69, 9.17) is 19.3 Å². The van der Waals surface area contributed by atoms with Crippen LogP contribution in [0.3, 0.4) is 0 Å². The minimum absolute atomic E-state index is 0.141. The molecule has 0 aliphatic rings. The molecule has 104 valence electrons. The maximum atomic E-state index is 9.03. The maximum absolute atomic E-state index is 9.03. The molecule has 0 saturated heterocycles. The third-order valence-electron chi connectivity index (χ3n) is 2.33. The molecule has 0 aromatic rings. The van der Waals surface area contributed by atoms with Crippen LogP contribution in [0.4, 0.5) is 0 Å². The number of nitrogens with one attached hydrogen (secondary N) is 1. The fraction of sp³-hybridized carbons (Fsp3) is 1.00. The Morgan fingerprint density at radius 3 is 2.35 bits per heavy atom. The van der Waals surface area contributed by atoms with Gasteiger partial charge in [-0.2, -0.15) is 0 Å². The van der Waals surface area contributed by atoms with Crippen LogP contribution in [0.2, 0.25) is 0 Å². The normalized spacial score (nSPS) is 12.9. The Bertz CT molecular complexity index is 146. The van der Waals surface area contributed by atoms with Gasteiger partial charge in [0, 0.05) is 33.0 Å². The molecule has 0 spiro atoms. The van der Waals surface area contributed by atoms with Gasteiger partial charge in [-0.15, -0.1) is 0 Å². The van der Waals surface area contributed by atoms with E-state index >= 15 is 0 Å². The van der Waals surface area contributed by atoms with Gasteiger partial charge in [-0.25, -0.2) is 0 Å². The predicted molar refractivity (Wildman–Crippen MR) is 67.3 cm³/mol. The Morgan fingerprint density at radius 2 is 1.76 bits per heavy atom. The van der Waals surface area contributed by atoms with Crippen molar-refractivity contribution < 1.29 is 19.3 Å². The molecule has 0 rings (SSSR count). The van der Waals surface area contributed by atoms with Gasteiger partial charge in [0.15, 0.2) is 0 Å². The fourth-order valence-corrected chi connectivity index (χ4v) is 1.40. The van der Waals surface area contributed by atoms with E-state index in [-0.39, 0.29) is 12.6 Å². The molecule has 17 heavy (non-hydrogen) atoms. The molecule has 0 radical (unpaired) electrons. The van der Waals surface area contributed by atoms with Gasteiger partial charge in [0.25, 0.3) is 0 Å². The average molecular weight is 249 g/mol. The van der Waals surface area contributed by atoms with E-state index in [1.165, 1.54) is 0 Å². The number of likely N-dealkylation sites (N-methyl/N-ethyl adjacent to an activating group) is 1. The molecule has 0 aliphatic heterocycles. The van der Waals surface area contributed by atoms with Crippen LogP contribution in [0.25, 0.3) is 0 Å². The summed E-state index contributed by atoms with van der Waals surface area (Å²) in [7, 11) is 1.69. The molecular formula is C12H27NO4. The van der Waals surface area contributed by atoms with Crippen LogP contribution in [0.1, 0.15) is 19.8 Å². The fourth-order valence-electron chi connectivity index (χ4n) is 1.40. The minimum atomic E-state index is 0.141. The molecule has 2 N–H and O–H groups in total. The Balaban J connectivity index is 3.11. The van der Waals surface area contributed by atoms with Crippen molar-refractivity contribution in [2.75, 3.05) is 53.3 Å². The average Bonchev–Trinajstić information content (AvgIpc) is 2.35. The number of hydrogen-bond acceptors (Lipinski definition) is 5. The van der Waals surface area contributed by atoms with Crippen molar-refractivity contribution in [2.45, 2.75) is 25.8 Å². The summed E-state index contributed by atoms with van der Waals surface area (Å²) < 4.78 is 15.7. The second-order valence-corrected chi connectivity index (χ2v) is 3.80. The van der Waals surface area contributed by atoms with Crippen LogP contribution in [0.5, 0.6) is 0 Å². The van der Waals surface area contributed by atoms with Gasteiger partial charge < -0.3 is 24.6 Å². The maximum Gasteiger partial charge on any atom is 0.0700 e. The van der Waals surface area contributed by atoms with E-state index in [9.17, 15) is 0 Å². The minimum Gasteiger partial charge on any atom is -0.395 e. The summed E-state index contributed by atoms with van der Waals surface area (Å²) in [5, 5.41) is 12.2. The lowest BCUT2D eigenvalue weighted by molar-refractivity contribution is 0.0354. The number of hydrogen-bond donors (Lipinski definition) is 2. The lowest BCUT2D eigenvalue weighted by Crippen LogP contribution is -2.33. The predicted octanol–water partition coefficient (Wildman–Crippen LogP) is 0.417. The zero-order valence-electron chi connectivity index (χ0n) is 11.1. The van der Waals surface area contributed by atoms with Crippen LogP contribution < -0.4 is 5.32 Å². The molecule has 1 atom stereocenters. The Hall–Kier alpha value is -0.200. The van der Waals surface area contributed by atoms with Crippen LogP contribution in [-0.2, 0) is 14.2 Å². The second kappa shape index (κ2) is 13.9. The molecule has 0 fully saturated rings. The number of methoxy groups -OCH3 is 1. The van der Waals surface area contributed by atoms with Gasteiger partial charge in [0.05, 0.1) is 19.8 Å². The van der Waals surface area contributed by atoms with Gasteiger partial charge >= 0.3 is 0 Å². The Kier molecular flexibility index (Phi) is 13.7. The third-order valence-corrected chi connectivity index (χ3v) is 2.33. The Morgan fingerprint density at radius 1 is 1.06 bits per heavy atom. The molecule has 0 aromatic carbocycles. The van der Waals surface area contributed by atoms with Crippen molar-refractivity contribution in [3.8, 4) is 0 Å². The van der Waals surface area contributed by atoms with Gasteiger partial charge in [-0.3, -0.25) is 0 Å². The summed E-state index contributed by atoms with van der Waals surface area (Å²) in [6, 6.07) is 0.141. The smallest absolute Gasteiger partial charge is 0.0700 e. The van der Waals surface area contributed by atoms with Crippen LogP contribution in [-0.4, -0.2) is 64.4 Å².